The normalized spacial score (nSPS) is 18.1. The molecule has 0 radical (unpaired) electrons. The topological polar surface area (TPSA) is 92.8 Å². The fourth-order valence-electron chi connectivity index (χ4n) is 2.81. The zero-order chi connectivity index (χ0) is 19.4. The van der Waals surface area contributed by atoms with Crippen molar-refractivity contribution in [3.8, 4) is 0 Å². The van der Waals surface area contributed by atoms with Crippen LogP contribution in [0, 0.1) is 0 Å². The molecule has 0 aliphatic carbocycles. The fourth-order valence-corrected chi connectivity index (χ4v) is 4.43. The SMILES string of the molecule is CCOCCCNC(=O)CN1C(=O)CC(C)(C)S(=O)(=O)c2ccccc21. The second-order valence-corrected chi connectivity index (χ2v) is 9.34. The number of sulfone groups is 1. The average Bonchev–Trinajstić information content (AvgIpc) is 2.63. The number of carbonyl (C=O) groups excluding carboxylic acids is 2. The van der Waals surface area contributed by atoms with Gasteiger partial charge in [0.05, 0.1) is 15.3 Å². The first-order valence-corrected chi connectivity index (χ1v) is 10.2. The number of amides is 2. The summed E-state index contributed by atoms with van der Waals surface area (Å²) in [6.45, 7) is 6.37. The van der Waals surface area contributed by atoms with Gasteiger partial charge in [-0.25, -0.2) is 8.42 Å². The second kappa shape index (κ2) is 8.18. The molecule has 1 aliphatic heterocycles. The van der Waals surface area contributed by atoms with Gasteiger partial charge in [0.25, 0.3) is 0 Å². The number of hydrogen-bond donors (Lipinski definition) is 1. The summed E-state index contributed by atoms with van der Waals surface area (Å²) in [6.07, 6.45) is 0.493. The molecule has 0 atom stereocenters. The summed E-state index contributed by atoms with van der Waals surface area (Å²) in [7, 11) is -3.70. The fraction of sp³-hybridized carbons (Fsp3) is 0.556. The van der Waals surface area contributed by atoms with Gasteiger partial charge >= 0.3 is 0 Å². The smallest absolute Gasteiger partial charge is 0.240 e. The Labute approximate surface area is 154 Å². The van der Waals surface area contributed by atoms with Gasteiger partial charge in [0.1, 0.15) is 6.54 Å². The number of nitrogens with one attached hydrogen (secondary N) is 1. The number of fused-ring (bicyclic) bond motifs is 1. The summed E-state index contributed by atoms with van der Waals surface area (Å²) < 4.78 is 29.8. The minimum atomic E-state index is -3.70. The van der Waals surface area contributed by atoms with Crippen molar-refractivity contribution in [2.45, 2.75) is 43.3 Å². The lowest BCUT2D eigenvalue weighted by molar-refractivity contribution is -0.124. The first kappa shape index (κ1) is 20.4. The molecule has 0 bridgehead atoms. The zero-order valence-corrected chi connectivity index (χ0v) is 16.3. The van der Waals surface area contributed by atoms with E-state index in [2.05, 4.69) is 5.32 Å². The Morgan fingerprint density at radius 1 is 1.31 bits per heavy atom. The summed E-state index contributed by atoms with van der Waals surface area (Å²) in [4.78, 5) is 26.3. The van der Waals surface area contributed by atoms with Gasteiger partial charge in [-0.2, -0.15) is 0 Å². The molecular formula is C18H26N2O5S. The van der Waals surface area contributed by atoms with Crippen molar-refractivity contribution < 1.29 is 22.7 Å². The maximum atomic E-state index is 12.9. The number of rotatable bonds is 7. The highest BCUT2D eigenvalue weighted by atomic mass is 32.2. The molecule has 2 rings (SSSR count). The van der Waals surface area contributed by atoms with Gasteiger partial charge in [-0.1, -0.05) is 12.1 Å². The molecule has 1 aromatic rings. The van der Waals surface area contributed by atoms with Crippen LogP contribution in [0.5, 0.6) is 0 Å². The number of ether oxygens (including phenoxy) is 1. The van der Waals surface area contributed by atoms with E-state index in [1.807, 2.05) is 6.92 Å². The molecule has 7 nitrogen and oxygen atoms in total. The maximum Gasteiger partial charge on any atom is 0.240 e. The quantitative estimate of drug-likeness (QED) is 0.722. The van der Waals surface area contributed by atoms with Crippen molar-refractivity contribution in [2.24, 2.45) is 0 Å². The second-order valence-electron chi connectivity index (χ2n) is 6.79. The third kappa shape index (κ3) is 4.24. The minimum Gasteiger partial charge on any atom is -0.382 e. The summed E-state index contributed by atoms with van der Waals surface area (Å²) in [6, 6.07) is 6.33. The molecule has 1 N–H and O–H groups in total. The van der Waals surface area contributed by atoms with Gasteiger partial charge in [-0.3, -0.25) is 9.59 Å². The Balaban J connectivity index is 2.20. The summed E-state index contributed by atoms with van der Waals surface area (Å²) in [5, 5.41) is 2.74. The van der Waals surface area contributed by atoms with Crippen LogP contribution >= 0.6 is 0 Å². The molecule has 8 heteroatoms. The van der Waals surface area contributed by atoms with E-state index >= 15 is 0 Å². The van der Waals surface area contributed by atoms with E-state index in [0.29, 0.717) is 26.2 Å². The molecule has 1 aliphatic rings. The van der Waals surface area contributed by atoms with Crippen LogP contribution in [0.25, 0.3) is 0 Å². The van der Waals surface area contributed by atoms with E-state index in [-0.39, 0.29) is 35.4 Å². The largest absolute Gasteiger partial charge is 0.382 e. The van der Waals surface area contributed by atoms with Crippen LogP contribution in [0.3, 0.4) is 0 Å². The van der Waals surface area contributed by atoms with Crippen LogP contribution in [0.1, 0.15) is 33.6 Å². The number of benzene rings is 1. The lowest BCUT2D eigenvalue weighted by Gasteiger charge is -2.22. The van der Waals surface area contributed by atoms with Crippen LogP contribution in [0.15, 0.2) is 29.2 Å². The van der Waals surface area contributed by atoms with Crippen LogP contribution in [0.2, 0.25) is 0 Å². The van der Waals surface area contributed by atoms with Gasteiger partial charge < -0.3 is 15.0 Å². The van der Waals surface area contributed by atoms with Gasteiger partial charge in [0.15, 0.2) is 9.84 Å². The van der Waals surface area contributed by atoms with Gasteiger partial charge in [0, 0.05) is 26.2 Å². The number of nitrogens with zero attached hydrogens (tertiary/aromatic N) is 1. The Kier molecular flexibility index (Phi) is 6.41. The maximum absolute atomic E-state index is 12.9. The Morgan fingerprint density at radius 3 is 2.69 bits per heavy atom. The lowest BCUT2D eigenvalue weighted by Crippen LogP contribution is -2.42. The highest BCUT2D eigenvalue weighted by molar-refractivity contribution is 7.93. The number of para-hydroxylation sites is 1. The van der Waals surface area contributed by atoms with Gasteiger partial charge in [-0.15, -0.1) is 0 Å². The van der Waals surface area contributed by atoms with Crippen molar-refractivity contribution in [1.82, 2.24) is 5.32 Å². The Hall–Kier alpha value is -1.93. The molecule has 0 saturated carbocycles. The van der Waals surface area contributed by atoms with E-state index in [9.17, 15) is 18.0 Å². The molecule has 0 aromatic heterocycles. The molecule has 26 heavy (non-hydrogen) atoms. The molecule has 0 fully saturated rings. The van der Waals surface area contributed by atoms with Crippen molar-refractivity contribution >= 4 is 27.3 Å². The molecule has 0 saturated heterocycles. The minimum absolute atomic E-state index is 0.0833. The summed E-state index contributed by atoms with van der Waals surface area (Å²) >= 11 is 0. The van der Waals surface area contributed by atoms with Crippen molar-refractivity contribution in [2.75, 3.05) is 31.2 Å². The third-order valence-corrected chi connectivity index (χ3v) is 6.87. The number of carbonyl (C=O) groups is 2. The van der Waals surface area contributed by atoms with E-state index < -0.39 is 14.6 Å². The van der Waals surface area contributed by atoms with Crippen molar-refractivity contribution in [3.63, 3.8) is 0 Å². The van der Waals surface area contributed by atoms with Crippen LogP contribution in [-0.4, -0.2) is 51.3 Å². The van der Waals surface area contributed by atoms with Gasteiger partial charge in [-0.05, 0) is 39.3 Å². The number of anilines is 1. The Morgan fingerprint density at radius 2 is 2.00 bits per heavy atom. The molecule has 0 unspecified atom stereocenters. The molecule has 2 amide bonds. The van der Waals surface area contributed by atoms with Crippen molar-refractivity contribution in [1.29, 1.82) is 0 Å². The van der Waals surface area contributed by atoms with Crippen molar-refractivity contribution in [3.05, 3.63) is 24.3 Å². The van der Waals surface area contributed by atoms with Crippen LogP contribution in [-0.2, 0) is 24.2 Å². The highest BCUT2D eigenvalue weighted by Gasteiger charge is 2.44. The standard InChI is InChI=1S/C18H26N2O5S/c1-4-25-11-7-10-19-16(21)13-20-14-8-5-6-9-15(14)26(23,24)18(2,3)12-17(20)22/h5-6,8-9H,4,7,10-13H2,1-3H3,(H,19,21). The van der Waals surface area contributed by atoms with Crippen LogP contribution < -0.4 is 10.2 Å². The first-order valence-electron chi connectivity index (χ1n) is 8.69. The first-order chi connectivity index (χ1) is 12.2. The van der Waals surface area contributed by atoms with E-state index in [4.69, 9.17) is 4.74 Å². The predicted molar refractivity (Wildman–Crippen MR) is 98.8 cm³/mol. The molecule has 0 spiro atoms. The summed E-state index contributed by atoms with van der Waals surface area (Å²) in [5.41, 5.74) is 0.257. The van der Waals surface area contributed by atoms with E-state index in [0.717, 1.165) is 0 Å². The monoisotopic (exact) mass is 382 g/mol. The van der Waals surface area contributed by atoms with Crippen LogP contribution in [0.4, 0.5) is 5.69 Å². The Bertz CT molecular complexity index is 774. The molecule has 1 heterocycles. The number of hydrogen-bond acceptors (Lipinski definition) is 5. The van der Waals surface area contributed by atoms with Gasteiger partial charge in [0.2, 0.25) is 11.8 Å². The molecule has 1 aromatic carbocycles. The lowest BCUT2D eigenvalue weighted by atomic mass is 10.1. The predicted octanol–water partition coefficient (Wildman–Crippen LogP) is 1.52. The summed E-state index contributed by atoms with van der Waals surface area (Å²) in [5.74, 6) is -0.713. The highest BCUT2D eigenvalue weighted by Crippen LogP contribution is 2.38. The van der Waals surface area contributed by atoms with E-state index in [1.54, 1.807) is 18.2 Å². The third-order valence-electron chi connectivity index (χ3n) is 4.34. The van der Waals surface area contributed by atoms with E-state index in [1.165, 1.54) is 24.8 Å². The molecular weight excluding hydrogens is 356 g/mol. The molecule has 144 valence electrons. The zero-order valence-electron chi connectivity index (χ0n) is 15.4. The average molecular weight is 382 g/mol.